The summed E-state index contributed by atoms with van der Waals surface area (Å²) in [5, 5.41) is 3.45. The van der Waals surface area contributed by atoms with Gasteiger partial charge < -0.3 is 10.1 Å². The van der Waals surface area contributed by atoms with Crippen molar-refractivity contribution in [1.82, 2.24) is 9.62 Å². The van der Waals surface area contributed by atoms with E-state index in [1.807, 2.05) is 24.3 Å². The molecule has 2 rings (SSSR count). The lowest BCUT2D eigenvalue weighted by Gasteiger charge is -2.24. The lowest BCUT2D eigenvalue weighted by molar-refractivity contribution is -0.122. The quantitative estimate of drug-likeness (QED) is 0.590. The maximum absolute atomic E-state index is 12.8. The van der Waals surface area contributed by atoms with Crippen molar-refractivity contribution in [2.24, 2.45) is 5.92 Å². The Morgan fingerprint density at radius 1 is 1.13 bits per heavy atom. The Balaban J connectivity index is 2.16. The number of carbonyl (C=O) groups excluding carboxylic acids is 1. The highest BCUT2D eigenvalue weighted by Crippen LogP contribution is 2.24. The molecule has 164 valence electrons. The molecule has 0 bridgehead atoms. The highest BCUT2D eigenvalue weighted by atomic mass is 35.5. The molecule has 6 nitrogen and oxygen atoms in total. The number of hydrogen-bond acceptors (Lipinski definition) is 4. The van der Waals surface area contributed by atoms with Crippen molar-refractivity contribution in [2.45, 2.75) is 32.9 Å². The predicted octanol–water partition coefficient (Wildman–Crippen LogP) is 4.01. The first-order valence-electron chi connectivity index (χ1n) is 9.72. The number of halogens is 1. The molecule has 30 heavy (non-hydrogen) atoms. The van der Waals surface area contributed by atoms with Crippen LogP contribution in [0.1, 0.15) is 37.4 Å². The molecule has 2 aromatic rings. The second kappa shape index (κ2) is 10.8. The molecule has 0 aliphatic rings. The molecular weight excluding hydrogens is 424 g/mol. The maximum Gasteiger partial charge on any atom is 0.235 e. The summed E-state index contributed by atoms with van der Waals surface area (Å²) < 4.78 is 30.9. The van der Waals surface area contributed by atoms with Crippen LogP contribution in [0.3, 0.4) is 0 Å². The van der Waals surface area contributed by atoms with E-state index in [1.165, 1.54) is 0 Å². The first-order valence-corrected chi connectivity index (χ1v) is 11.9. The van der Waals surface area contributed by atoms with Gasteiger partial charge in [-0.15, -0.1) is 0 Å². The minimum Gasteiger partial charge on any atom is -0.497 e. The molecule has 1 atom stereocenters. The topological polar surface area (TPSA) is 75.7 Å². The van der Waals surface area contributed by atoms with E-state index in [0.29, 0.717) is 16.5 Å². The highest BCUT2D eigenvalue weighted by Gasteiger charge is 2.24. The Morgan fingerprint density at radius 2 is 1.77 bits per heavy atom. The van der Waals surface area contributed by atoms with Gasteiger partial charge in [0.25, 0.3) is 0 Å². The zero-order valence-corrected chi connectivity index (χ0v) is 19.3. The summed E-state index contributed by atoms with van der Waals surface area (Å²) in [7, 11) is -2.01. The number of benzene rings is 2. The van der Waals surface area contributed by atoms with Crippen LogP contribution < -0.4 is 10.1 Å². The van der Waals surface area contributed by atoms with Crippen LogP contribution in [-0.4, -0.2) is 38.5 Å². The third kappa shape index (κ3) is 7.31. The van der Waals surface area contributed by atoms with Crippen LogP contribution in [0.4, 0.5) is 0 Å². The fourth-order valence-corrected chi connectivity index (χ4v) is 4.01. The Hall–Kier alpha value is -2.09. The summed E-state index contributed by atoms with van der Waals surface area (Å²) in [6.07, 6.45) is 1.81. The first-order chi connectivity index (χ1) is 14.1. The molecule has 0 radical (unpaired) electrons. The second-order valence-corrected chi connectivity index (χ2v) is 10.0. The maximum atomic E-state index is 12.8. The van der Waals surface area contributed by atoms with Crippen LogP contribution in [0.15, 0.2) is 48.5 Å². The zero-order valence-electron chi connectivity index (χ0n) is 17.8. The third-order valence-electron chi connectivity index (χ3n) is 4.65. The molecule has 0 aliphatic carbocycles. The summed E-state index contributed by atoms with van der Waals surface area (Å²) in [5.74, 6) is 0.705. The van der Waals surface area contributed by atoms with E-state index in [2.05, 4.69) is 19.2 Å². The zero-order chi connectivity index (χ0) is 22.3. The number of sulfonamides is 1. The van der Waals surface area contributed by atoms with Crippen molar-refractivity contribution >= 4 is 27.5 Å². The van der Waals surface area contributed by atoms with E-state index >= 15 is 0 Å². The number of carbonyl (C=O) groups is 1. The molecule has 2 aromatic carbocycles. The fourth-order valence-electron chi connectivity index (χ4n) is 3.09. The number of amides is 1. The van der Waals surface area contributed by atoms with Gasteiger partial charge in [0.15, 0.2) is 0 Å². The molecule has 0 spiro atoms. The van der Waals surface area contributed by atoms with Crippen molar-refractivity contribution in [1.29, 1.82) is 0 Å². The molecule has 0 fully saturated rings. The van der Waals surface area contributed by atoms with Gasteiger partial charge in [-0.25, -0.2) is 8.42 Å². The Labute approximate surface area is 184 Å². The molecule has 1 amide bonds. The van der Waals surface area contributed by atoms with Gasteiger partial charge in [0.05, 0.1) is 26.0 Å². The van der Waals surface area contributed by atoms with Gasteiger partial charge in [-0.2, -0.15) is 4.31 Å². The number of hydrogen-bond donors (Lipinski definition) is 1. The van der Waals surface area contributed by atoms with Crippen LogP contribution in [0.5, 0.6) is 5.75 Å². The third-order valence-corrected chi connectivity index (χ3v) is 6.22. The molecule has 1 unspecified atom stereocenters. The van der Waals surface area contributed by atoms with Crippen molar-refractivity contribution in [3.63, 3.8) is 0 Å². The van der Waals surface area contributed by atoms with Gasteiger partial charge in [-0.3, -0.25) is 4.79 Å². The van der Waals surface area contributed by atoms with Gasteiger partial charge in [0, 0.05) is 11.6 Å². The Bertz CT molecular complexity index is 946. The molecular formula is C22H29ClN2O4S. The smallest absolute Gasteiger partial charge is 0.235 e. The number of methoxy groups -OCH3 is 1. The van der Waals surface area contributed by atoms with Crippen LogP contribution in [0, 0.1) is 5.92 Å². The molecule has 8 heteroatoms. The van der Waals surface area contributed by atoms with Crippen LogP contribution in [0.25, 0.3) is 0 Å². The van der Waals surface area contributed by atoms with Gasteiger partial charge in [-0.05, 0) is 41.7 Å². The van der Waals surface area contributed by atoms with Gasteiger partial charge >= 0.3 is 0 Å². The summed E-state index contributed by atoms with van der Waals surface area (Å²) >= 11 is 6.17. The van der Waals surface area contributed by atoms with E-state index in [0.717, 1.165) is 28.3 Å². The summed E-state index contributed by atoms with van der Waals surface area (Å²) in [4.78, 5) is 12.8. The van der Waals surface area contributed by atoms with E-state index in [1.54, 1.807) is 31.4 Å². The number of nitrogens with one attached hydrogen (secondary N) is 1. The normalized spacial score (nSPS) is 12.8. The van der Waals surface area contributed by atoms with Crippen LogP contribution >= 0.6 is 11.6 Å². The second-order valence-electron chi connectivity index (χ2n) is 7.65. The Kier molecular flexibility index (Phi) is 8.70. The highest BCUT2D eigenvalue weighted by molar-refractivity contribution is 7.88. The first kappa shape index (κ1) is 24.2. The summed E-state index contributed by atoms with van der Waals surface area (Å²) in [5.41, 5.74) is 1.58. The van der Waals surface area contributed by atoms with E-state index in [-0.39, 0.29) is 25.0 Å². The molecule has 0 heterocycles. The van der Waals surface area contributed by atoms with Crippen molar-refractivity contribution in [3.8, 4) is 5.75 Å². The number of ether oxygens (including phenoxy) is 1. The average molecular weight is 453 g/mol. The minimum atomic E-state index is -3.61. The van der Waals surface area contributed by atoms with Gasteiger partial charge in [0.2, 0.25) is 15.9 Å². The molecule has 0 aliphatic heterocycles. The minimum absolute atomic E-state index is 0.0311. The standard InChI is InChI=1S/C22H29ClN2O4S/c1-16(2)13-21(17-9-11-19(29-3)12-10-17)24-22(26)15-25(30(4,27)28)14-18-7-5-6-8-20(18)23/h5-12,16,21H,13-15H2,1-4H3,(H,24,26). The van der Waals surface area contributed by atoms with Crippen molar-refractivity contribution < 1.29 is 17.9 Å². The van der Waals surface area contributed by atoms with E-state index < -0.39 is 10.0 Å². The molecule has 0 saturated heterocycles. The summed E-state index contributed by atoms with van der Waals surface area (Å²) in [6, 6.07) is 14.3. The monoisotopic (exact) mass is 452 g/mol. The lowest BCUT2D eigenvalue weighted by atomic mass is 9.97. The van der Waals surface area contributed by atoms with Crippen LogP contribution in [0.2, 0.25) is 5.02 Å². The summed E-state index contributed by atoms with van der Waals surface area (Å²) in [6.45, 7) is 3.89. The molecule has 0 saturated carbocycles. The number of nitrogens with zero attached hydrogens (tertiary/aromatic N) is 1. The SMILES string of the molecule is COc1ccc(C(CC(C)C)NC(=O)CN(Cc2ccccc2Cl)S(C)(=O)=O)cc1. The van der Waals surface area contributed by atoms with Crippen LogP contribution in [-0.2, 0) is 21.4 Å². The van der Waals surface area contributed by atoms with E-state index in [4.69, 9.17) is 16.3 Å². The largest absolute Gasteiger partial charge is 0.497 e. The Morgan fingerprint density at radius 3 is 2.30 bits per heavy atom. The van der Waals surface area contributed by atoms with Crippen molar-refractivity contribution in [3.05, 3.63) is 64.7 Å². The fraction of sp³-hybridized carbons (Fsp3) is 0.409. The molecule has 1 N–H and O–H groups in total. The van der Waals surface area contributed by atoms with Gasteiger partial charge in [-0.1, -0.05) is 55.8 Å². The average Bonchev–Trinajstić information content (AvgIpc) is 2.67. The van der Waals surface area contributed by atoms with Gasteiger partial charge in [0.1, 0.15) is 5.75 Å². The van der Waals surface area contributed by atoms with Crippen molar-refractivity contribution in [2.75, 3.05) is 19.9 Å². The van der Waals surface area contributed by atoms with E-state index in [9.17, 15) is 13.2 Å². The number of rotatable bonds is 10. The molecule has 0 aromatic heterocycles. The lowest BCUT2D eigenvalue weighted by Crippen LogP contribution is -2.41. The predicted molar refractivity (Wildman–Crippen MR) is 120 cm³/mol.